The van der Waals surface area contributed by atoms with E-state index < -0.39 is 10.8 Å². The summed E-state index contributed by atoms with van der Waals surface area (Å²) in [5.41, 5.74) is 1.46. The molecule has 2 rings (SSSR count). The van der Waals surface area contributed by atoms with E-state index in [4.69, 9.17) is 4.74 Å². The Bertz CT molecular complexity index is 343. The van der Waals surface area contributed by atoms with Gasteiger partial charge in [-0.05, 0) is 50.5 Å². The fourth-order valence-corrected chi connectivity index (χ4v) is 5.17. The van der Waals surface area contributed by atoms with Gasteiger partial charge in [-0.3, -0.25) is 4.21 Å². The van der Waals surface area contributed by atoms with E-state index in [9.17, 15) is 4.21 Å². The molecule has 0 amide bonds. The summed E-state index contributed by atoms with van der Waals surface area (Å²) in [5.74, 6) is 0.869. The van der Waals surface area contributed by atoms with Crippen molar-refractivity contribution in [3.8, 4) is 0 Å². The highest BCUT2D eigenvalue weighted by Crippen LogP contribution is 2.31. The summed E-state index contributed by atoms with van der Waals surface area (Å²) in [6, 6.07) is 0. The maximum atomic E-state index is 12.6. The third-order valence-electron chi connectivity index (χ3n) is 4.93. The minimum Gasteiger partial charge on any atom is -0.500 e. The van der Waals surface area contributed by atoms with Crippen LogP contribution in [-0.4, -0.2) is 21.3 Å². The molecule has 0 aromatic heterocycles. The molecule has 0 N–H and O–H groups in total. The molecule has 1 aliphatic heterocycles. The first-order valence-electron chi connectivity index (χ1n) is 8.45. The van der Waals surface area contributed by atoms with Gasteiger partial charge in [0.15, 0.2) is 0 Å². The molecule has 2 nitrogen and oxygen atoms in total. The van der Waals surface area contributed by atoms with E-state index >= 15 is 0 Å². The number of hydrogen-bond acceptors (Lipinski definition) is 2. The van der Waals surface area contributed by atoms with E-state index in [-0.39, 0.29) is 4.75 Å². The quantitative estimate of drug-likeness (QED) is 0.702. The number of hydrogen-bond donors (Lipinski definition) is 0. The molecule has 116 valence electrons. The fourth-order valence-electron chi connectivity index (χ4n) is 3.38. The lowest BCUT2D eigenvalue weighted by Gasteiger charge is -2.33. The number of allylic oxidation sites excluding steroid dienone is 1. The Morgan fingerprint density at radius 3 is 2.55 bits per heavy atom. The summed E-state index contributed by atoms with van der Waals surface area (Å²) in [5, 5.41) is 0. The fraction of sp³-hybridized carbons (Fsp3) is 0.882. The van der Waals surface area contributed by atoms with Gasteiger partial charge in [0.1, 0.15) is 6.61 Å². The van der Waals surface area contributed by atoms with E-state index in [2.05, 4.69) is 6.92 Å². The van der Waals surface area contributed by atoms with Gasteiger partial charge in [-0.25, -0.2) is 0 Å². The molecule has 0 radical (unpaired) electrons. The lowest BCUT2D eigenvalue weighted by atomic mass is 9.96. The minimum atomic E-state index is -0.726. The molecule has 2 aliphatic rings. The first-order chi connectivity index (χ1) is 9.77. The Balaban J connectivity index is 1.92. The summed E-state index contributed by atoms with van der Waals surface area (Å²) < 4.78 is 18.4. The van der Waals surface area contributed by atoms with Gasteiger partial charge in [-0.1, -0.05) is 32.6 Å². The Labute approximate surface area is 126 Å². The first kappa shape index (κ1) is 16.1. The Hall–Kier alpha value is -0.310. The largest absolute Gasteiger partial charge is 0.500 e. The van der Waals surface area contributed by atoms with Crippen LogP contribution < -0.4 is 0 Å². The molecule has 1 saturated carbocycles. The molecule has 0 bridgehead atoms. The summed E-state index contributed by atoms with van der Waals surface area (Å²) in [7, 11) is -0.726. The van der Waals surface area contributed by atoms with Gasteiger partial charge in [-0.2, -0.15) is 0 Å². The molecule has 3 heteroatoms. The highest BCUT2D eigenvalue weighted by Gasteiger charge is 2.35. The van der Waals surface area contributed by atoms with Crippen LogP contribution in [0.25, 0.3) is 0 Å². The van der Waals surface area contributed by atoms with Crippen LogP contribution in [0.3, 0.4) is 0 Å². The molecule has 0 aromatic carbocycles. The van der Waals surface area contributed by atoms with Crippen molar-refractivity contribution in [3.63, 3.8) is 0 Å². The van der Waals surface area contributed by atoms with Crippen LogP contribution in [0, 0.1) is 0 Å². The second-order valence-corrected chi connectivity index (χ2v) is 8.36. The summed E-state index contributed by atoms with van der Waals surface area (Å²) in [4.78, 5) is 0. The second-order valence-electron chi connectivity index (χ2n) is 6.40. The monoisotopic (exact) mass is 298 g/mol. The molecule has 1 heterocycles. The number of ether oxygens (including phenoxy) is 1. The second kappa shape index (κ2) is 8.21. The maximum absolute atomic E-state index is 12.6. The SMILES string of the molecule is CCC1(COC=C2CCCCC2)CCCCCCS1=O. The molecule has 1 aliphatic carbocycles. The molecular formula is C17H30O2S. The van der Waals surface area contributed by atoms with Gasteiger partial charge in [0.25, 0.3) is 0 Å². The van der Waals surface area contributed by atoms with Gasteiger partial charge in [-0.15, -0.1) is 0 Å². The van der Waals surface area contributed by atoms with Crippen LogP contribution in [0.15, 0.2) is 11.8 Å². The summed E-state index contributed by atoms with van der Waals surface area (Å²) in [6.07, 6.45) is 15.3. The van der Waals surface area contributed by atoms with Crippen molar-refractivity contribution in [2.45, 2.75) is 82.3 Å². The average molecular weight is 298 g/mol. The van der Waals surface area contributed by atoms with Crippen LogP contribution in [0.2, 0.25) is 0 Å². The van der Waals surface area contributed by atoms with Crippen LogP contribution in [-0.2, 0) is 15.5 Å². The van der Waals surface area contributed by atoms with Crippen LogP contribution in [0.4, 0.5) is 0 Å². The van der Waals surface area contributed by atoms with Gasteiger partial charge >= 0.3 is 0 Å². The van der Waals surface area contributed by atoms with Gasteiger partial charge in [0.05, 0.1) is 11.0 Å². The Morgan fingerprint density at radius 1 is 1.10 bits per heavy atom. The van der Waals surface area contributed by atoms with Crippen molar-refractivity contribution in [3.05, 3.63) is 11.8 Å². The van der Waals surface area contributed by atoms with Crippen LogP contribution >= 0.6 is 0 Å². The minimum absolute atomic E-state index is 0.0911. The summed E-state index contributed by atoms with van der Waals surface area (Å²) in [6.45, 7) is 2.83. The van der Waals surface area contributed by atoms with Crippen molar-refractivity contribution < 1.29 is 8.95 Å². The molecule has 2 atom stereocenters. The highest BCUT2D eigenvalue weighted by atomic mass is 32.2. The Morgan fingerprint density at radius 2 is 1.80 bits per heavy atom. The van der Waals surface area contributed by atoms with Crippen LogP contribution in [0.5, 0.6) is 0 Å². The van der Waals surface area contributed by atoms with E-state index in [1.54, 1.807) is 0 Å². The number of rotatable bonds is 4. The standard InChI is InChI=1S/C17H30O2S/c1-2-17(12-8-3-4-9-13-20(17)18)15-19-14-16-10-6-5-7-11-16/h14H,2-13,15H2,1H3. The molecular weight excluding hydrogens is 268 g/mol. The van der Waals surface area contributed by atoms with Crippen molar-refractivity contribution in [1.82, 2.24) is 0 Å². The normalized spacial score (nSPS) is 32.2. The first-order valence-corrected chi connectivity index (χ1v) is 9.77. The molecule has 1 saturated heterocycles. The molecule has 2 fully saturated rings. The zero-order chi connectivity index (χ0) is 14.3. The third kappa shape index (κ3) is 4.34. The lowest BCUT2D eigenvalue weighted by molar-refractivity contribution is 0.193. The van der Waals surface area contributed by atoms with Gasteiger partial charge in [0.2, 0.25) is 0 Å². The zero-order valence-corrected chi connectivity index (χ0v) is 13.8. The van der Waals surface area contributed by atoms with E-state index in [1.165, 1.54) is 56.9 Å². The topological polar surface area (TPSA) is 26.3 Å². The molecule has 2 unspecified atom stereocenters. The molecule has 20 heavy (non-hydrogen) atoms. The molecule has 0 spiro atoms. The van der Waals surface area contributed by atoms with Crippen molar-refractivity contribution in [2.75, 3.05) is 12.4 Å². The van der Waals surface area contributed by atoms with Crippen molar-refractivity contribution in [1.29, 1.82) is 0 Å². The highest BCUT2D eigenvalue weighted by molar-refractivity contribution is 7.86. The van der Waals surface area contributed by atoms with Gasteiger partial charge in [0, 0.05) is 16.6 Å². The van der Waals surface area contributed by atoms with Crippen molar-refractivity contribution in [2.24, 2.45) is 0 Å². The average Bonchev–Trinajstić information content (AvgIpc) is 2.48. The van der Waals surface area contributed by atoms with Crippen LogP contribution in [0.1, 0.15) is 77.6 Å². The van der Waals surface area contributed by atoms with Crippen molar-refractivity contribution >= 4 is 10.8 Å². The van der Waals surface area contributed by atoms with E-state index in [0.717, 1.165) is 25.0 Å². The molecule has 0 aromatic rings. The summed E-state index contributed by atoms with van der Waals surface area (Å²) >= 11 is 0. The maximum Gasteiger partial charge on any atom is 0.104 e. The smallest absolute Gasteiger partial charge is 0.104 e. The van der Waals surface area contributed by atoms with E-state index in [0.29, 0.717) is 6.61 Å². The van der Waals surface area contributed by atoms with E-state index in [1.807, 2.05) is 6.26 Å². The van der Waals surface area contributed by atoms with Gasteiger partial charge < -0.3 is 4.74 Å². The predicted octanol–water partition coefficient (Wildman–Crippen LogP) is 4.71. The third-order valence-corrected chi connectivity index (χ3v) is 7.17. The predicted molar refractivity (Wildman–Crippen MR) is 86.2 cm³/mol. The zero-order valence-electron chi connectivity index (χ0n) is 13.0. The lowest BCUT2D eigenvalue weighted by Crippen LogP contribution is -2.40. The Kier molecular flexibility index (Phi) is 6.60.